The van der Waals surface area contributed by atoms with Crippen molar-refractivity contribution in [3.05, 3.63) is 65.2 Å². The van der Waals surface area contributed by atoms with E-state index in [2.05, 4.69) is 4.74 Å². The second-order valence-corrected chi connectivity index (χ2v) is 4.09. The number of benzene rings is 2. The van der Waals surface area contributed by atoms with Gasteiger partial charge in [-0.3, -0.25) is 0 Å². The number of hydrogen-bond acceptors (Lipinski definition) is 1. The highest BCUT2D eigenvalue weighted by molar-refractivity contribution is 5.33. The van der Waals surface area contributed by atoms with E-state index >= 15 is 0 Å². The second kappa shape index (κ2) is 5.69. The smallest absolute Gasteiger partial charge is 0.419 e. The van der Waals surface area contributed by atoms with Crippen LogP contribution in [-0.4, -0.2) is 0 Å². The molecule has 2 aromatic rings. The van der Waals surface area contributed by atoms with Crippen LogP contribution in [0.3, 0.4) is 0 Å². The summed E-state index contributed by atoms with van der Waals surface area (Å²) < 4.78 is 69.2. The third-order valence-electron chi connectivity index (χ3n) is 2.66. The molecular weight excluding hydrogens is 295 g/mol. The van der Waals surface area contributed by atoms with Crippen LogP contribution >= 0.6 is 0 Å². The Kier molecular flexibility index (Phi) is 4.13. The Balaban J connectivity index is 2.31. The summed E-state index contributed by atoms with van der Waals surface area (Å²) in [5.41, 5.74) is -1.98. The standard InChI is InChI=1S/C14H8F5O2/c15-10-6-2-1-4-8(10)13(20)21-11-7-3-5-9(12(11)16)14(17,18)19/h1-7,13H. The predicted octanol–water partition coefficient (Wildman–Crippen LogP) is 4.49. The van der Waals surface area contributed by atoms with Crippen molar-refractivity contribution in [2.75, 3.05) is 0 Å². The number of ether oxygens (including phenoxy) is 1. The lowest BCUT2D eigenvalue weighted by molar-refractivity contribution is -0.140. The maximum Gasteiger partial charge on any atom is 0.419 e. The van der Waals surface area contributed by atoms with Crippen molar-refractivity contribution in [2.45, 2.75) is 12.5 Å². The van der Waals surface area contributed by atoms with Crippen LogP contribution in [0.4, 0.5) is 22.0 Å². The van der Waals surface area contributed by atoms with Crippen molar-refractivity contribution in [3.8, 4) is 5.75 Å². The van der Waals surface area contributed by atoms with E-state index < -0.39 is 41.0 Å². The first-order valence-electron chi connectivity index (χ1n) is 5.73. The molecule has 0 spiro atoms. The maximum absolute atomic E-state index is 13.7. The number of rotatable bonds is 3. The van der Waals surface area contributed by atoms with Gasteiger partial charge in [-0.15, -0.1) is 0 Å². The van der Waals surface area contributed by atoms with Crippen LogP contribution in [0, 0.1) is 11.6 Å². The Morgan fingerprint density at radius 2 is 1.62 bits per heavy atom. The molecule has 0 heterocycles. The van der Waals surface area contributed by atoms with Crippen LogP contribution in [0.1, 0.15) is 17.4 Å². The number of alkyl halides is 3. The molecule has 21 heavy (non-hydrogen) atoms. The van der Waals surface area contributed by atoms with E-state index in [-0.39, 0.29) is 0 Å². The summed E-state index contributed by atoms with van der Waals surface area (Å²) in [6.07, 6.45) is -7.09. The Labute approximate surface area is 116 Å². The van der Waals surface area contributed by atoms with Crippen molar-refractivity contribution in [2.24, 2.45) is 0 Å². The van der Waals surface area contributed by atoms with Crippen molar-refractivity contribution >= 4 is 0 Å². The van der Waals surface area contributed by atoms with Crippen molar-refractivity contribution in [1.82, 2.24) is 0 Å². The van der Waals surface area contributed by atoms with Gasteiger partial charge in [0.2, 0.25) is 0 Å². The van der Waals surface area contributed by atoms with Crippen LogP contribution in [0.25, 0.3) is 0 Å². The van der Waals surface area contributed by atoms with Gasteiger partial charge in [-0.25, -0.2) is 8.78 Å². The molecule has 0 saturated heterocycles. The molecule has 0 fully saturated rings. The molecule has 1 atom stereocenters. The van der Waals surface area contributed by atoms with Crippen molar-refractivity contribution in [3.63, 3.8) is 0 Å². The molecule has 0 saturated carbocycles. The molecule has 2 nitrogen and oxygen atoms in total. The topological polar surface area (TPSA) is 29.1 Å². The van der Waals surface area contributed by atoms with Crippen molar-refractivity contribution < 1.29 is 31.8 Å². The fourth-order valence-corrected chi connectivity index (χ4v) is 1.67. The fraction of sp³-hybridized carbons (Fsp3) is 0.143. The lowest BCUT2D eigenvalue weighted by Crippen LogP contribution is -2.12. The second-order valence-electron chi connectivity index (χ2n) is 4.09. The lowest BCUT2D eigenvalue weighted by Gasteiger charge is -2.15. The summed E-state index contributed by atoms with van der Waals surface area (Å²) >= 11 is 0. The first-order valence-corrected chi connectivity index (χ1v) is 5.73. The first kappa shape index (κ1) is 15.2. The molecule has 0 aliphatic rings. The Morgan fingerprint density at radius 3 is 2.24 bits per heavy atom. The van der Waals surface area contributed by atoms with E-state index in [0.29, 0.717) is 6.07 Å². The molecule has 7 heteroatoms. The third-order valence-corrected chi connectivity index (χ3v) is 2.66. The van der Waals surface area contributed by atoms with E-state index in [0.717, 1.165) is 24.3 Å². The molecule has 1 unspecified atom stereocenters. The summed E-state index contributed by atoms with van der Waals surface area (Å²) in [4.78, 5) is 0. The van der Waals surface area contributed by atoms with Gasteiger partial charge >= 0.3 is 6.18 Å². The monoisotopic (exact) mass is 303 g/mol. The SMILES string of the molecule is [O]C(Oc1cccc(C(F)(F)F)c1F)c1ccccc1F. The molecule has 0 bridgehead atoms. The summed E-state index contributed by atoms with van der Waals surface area (Å²) in [5, 5.41) is 11.7. The minimum Gasteiger partial charge on any atom is -0.455 e. The van der Waals surface area contributed by atoms with Gasteiger partial charge in [0.1, 0.15) is 5.82 Å². The van der Waals surface area contributed by atoms with E-state index in [9.17, 15) is 27.1 Å². The molecule has 0 aliphatic heterocycles. The van der Waals surface area contributed by atoms with Crippen LogP contribution in [0.5, 0.6) is 5.75 Å². The average Bonchev–Trinajstić information content (AvgIpc) is 2.40. The molecule has 2 rings (SSSR count). The van der Waals surface area contributed by atoms with E-state index in [1.54, 1.807) is 0 Å². The Bertz CT molecular complexity index is 640. The molecule has 2 aromatic carbocycles. The third kappa shape index (κ3) is 3.30. The zero-order valence-electron chi connectivity index (χ0n) is 10.3. The van der Waals surface area contributed by atoms with Crippen LogP contribution in [-0.2, 0) is 11.3 Å². The molecule has 0 aromatic heterocycles. The highest BCUT2D eigenvalue weighted by Crippen LogP contribution is 2.35. The largest absolute Gasteiger partial charge is 0.455 e. The minimum absolute atomic E-state index is 0.422. The Morgan fingerprint density at radius 1 is 0.952 bits per heavy atom. The predicted molar refractivity (Wildman–Crippen MR) is 61.9 cm³/mol. The molecule has 0 aliphatic carbocycles. The molecule has 111 valence electrons. The van der Waals surface area contributed by atoms with Crippen LogP contribution in [0.15, 0.2) is 42.5 Å². The summed E-state index contributed by atoms with van der Waals surface area (Å²) in [7, 11) is 0. The average molecular weight is 303 g/mol. The summed E-state index contributed by atoms with van der Waals surface area (Å²) in [6, 6.07) is 7.08. The van der Waals surface area contributed by atoms with Gasteiger partial charge in [-0.2, -0.15) is 18.3 Å². The zero-order chi connectivity index (χ0) is 15.6. The van der Waals surface area contributed by atoms with Crippen molar-refractivity contribution in [1.29, 1.82) is 0 Å². The van der Waals surface area contributed by atoms with Gasteiger partial charge in [0.25, 0.3) is 6.29 Å². The van der Waals surface area contributed by atoms with Gasteiger partial charge in [-0.1, -0.05) is 18.2 Å². The van der Waals surface area contributed by atoms with Crippen LogP contribution < -0.4 is 4.74 Å². The molecule has 0 N–H and O–H groups in total. The minimum atomic E-state index is -4.92. The van der Waals surface area contributed by atoms with Gasteiger partial charge in [0.05, 0.1) is 11.1 Å². The van der Waals surface area contributed by atoms with E-state index in [1.165, 1.54) is 12.1 Å². The molecular formula is C14H8F5O2. The van der Waals surface area contributed by atoms with Gasteiger partial charge < -0.3 is 4.74 Å². The van der Waals surface area contributed by atoms with Gasteiger partial charge in [-0.05, 0) is 24.3 Å². The normalized spacial score (nSPS) is 13.0. The van der Waals surface area contributed by atoms with Gasteiger partial charge in [0.15, 0.2) is 11.6 Å². The fourth-order valence-electron chi connectivity index (χ4n) is 1.67. The number of hydrogen-bond donors (Lipinski definition) is 0. The Hall–Kier alpha value is -2.15. The summed E-state index contributed by atoms with van der Waals surface area (Å²) in [6.45, 7) is 0. The molecule has 1 radical (unpaired) electrons. The summed E-state index contributed by atoms with van der Waals surface area (Å²) in [5.74, 6) is -3.47. The maximum atomic E-state index is 13.7. The van der Waals surface area contributed by atoms with E-state index in [4.69, 9.17) is 0 Å². The highest BCUT2D eigenvalue weighted by Gasteiger charge is 2.35. The first-order chi connectivity index (χ1) is 9.80. The quantitative estimate of drug-likeness (QED) is 0.606. The lowest BCUT2D eigenvalue weighted by atomic mass is 10.2. The number of halogens is 5. The molecule has 0 amide bonds. The zero-order valence-corrected chi connectivity index (χ0v) is 10.3. The van der Waals surface area contributed by atoms with Gasteiger partial charge in [0, 0.05) is 0 Å². The van der Waals surface area contributed by atoms with Crippen LogP contribution in [0.2, 0.25) is 0 Å². The highest BCUT2D eigenvalue weighted by atomic mass is 19.4. The van der Waals surface area contributed by atoms with E-state index in [1.807, 2.05) is 0 Å².